The molecule has 1 fully saturated rings. The molecular weight excluding hydrogens is 379 g/mol. The monoisotopic (exact) mass is 406 g/mol. The molecule has 3 N–H and O–H groups in total. The molecule has 1 aliphatic rings. The van der Waals surface area contributed by atoms with Crippen LogP contribution in [0, 0.1) is 5.41 Å². The van der Waals surface area contributed by atoms with E-state index in [9.17, 15) is 4.79 Å². The van der Waals surface area contributed by atoms with Crippen LogP contribution in [-0.2, 0) is 6.54 Å². The standard InChI is InChI=1S/C22H27ClN2O.ClH/c1-22(2)10-8-18(9-11-22)25-14-15-4-3-5-16(12-15)19-7-6-17(21(24)26)13-20(19)23;/h3-7,12-13,18,25H,8-11,14H2,1-2H3,(H2,24,26);1H. The van der Waals surface area contributed by atoms with Gasteiger partial charge in [-0.15, -0.1) is 12.4 Å². The van der Waals surface area contributed by atoms with Crippen molar-refractivity contribution in [3.63, 3.8) is 0 Å². The van der Waals surface area contributed by atoms with Crippen molar-refractivity contribution in [1.29, 1.82) is 0 Å². The Morgan fingerprint density at radius 1 is 1.19 bits per heavy atom. The first-order chi connectivity index (χ1) is 12.3. The van der Waals surface area contributed by atoms with E-state index in [0.29, 0.717) is 22.0 Å². The molecule has 1 saturated carbocycles. The van der Waals surface area contributed by atoms with Crippen molar-refractivity contribution < 1.29 is 4.79 Å². The van der Waals surface area contributed by atoms with Gasteiger partial charge in [-0.05, 0) is 60.4 Å². The Labute approximate surface area is 173 Å². The molecule has 0 radical (unpaired) electrons. The average Bonchev–Trinajstić information content (AvgIpc) is 2.61. The van der Waals surface area contributed by atoms with Crippen molar-refractivity contribution in [2.75, 3.05) is 0 Å². The van der Waals surface area contributed by atoms with Crippen LogP contribution in [-0.4, -0.2) is 11.9 Å². The number of halogens is 2. The number of carbonyl (C=O) groups excluding carboxylic acids is 1. The van der Waals surface area contributed by atoms with Gasteiger partial charge in [-0.3, -0.25) is 4.79 Å². The maximum atomic E-state index is 11.3. The summed E-state index contributed by atoms with van der Waals surface area (Å²) in [6, 6.07) is 14.2. The van der Waals surface area contributed by atoms with Gasteiger partial charge in [0.25, 0.3) is 0 Å². The summed E-state index contributed by atoms with van der Waals surface area (Å²) in [5.74, 6) is -0.466. The molecule has 0 unspecified atom stereocenters. The summed E-state index contributed by atoms with van der Waals surface area (Å²) in [5, 5.41) is 4.24. The summed E-state index contributed by atoms with van der Waals surface area (Å²) in [4.78, 5) is 11.3. The van der Waals surface area contributed by atoms with Gasteiger partial charge in [-0.25, -0.2) is 0 Å². The number of nitrogens with one attached hydrogen (secondary N) is 1. The highest BCUT2D eigenvalue weighted by atomic mass is 35.5. The molecule has 27 heavy (non-hydrogen) atoms. The number of rotatable bonds is 5. The smallest absolute Gasteiger partial charge is 0.248 e. The second-order valence-corrected chi connectivity index (χ2v) is 8.49. The molecule has 1 amide bonds. The maximum absolute atomic E-state index is 11.3. The Balaban J connectivity index is 0.00000261. The summed E-state index contributed by atoms with van der Waals surface area (Å²) >= 11 is 6.36. The van der Waals surface area contributed by atoms with E-state index in [2.05, 4.69) is 37.4 Å². The predicted molar refractivity (Wildman–Crippen MR) is 116 cm³/mol. The molecule has 0 atom stereocenters. The third-order valence-corrected chi connectivity index (χ3v) is 5.74. The van der Waals surface area contributed by atoms with E-state index in [-0.39, 0.29) is 12.4 Å². The second kappa shape index (κ2) is 9.09. The third-order valence-electron chi connectivity index (χ3n) is 5.43. The topological polar surface area (TPSA) is 55.1 Å². The second-order valence-electron chi connectivity index (χ2n) is 8.08. The van der Waals surface area contributed by atoms with Gasteiger partial charge < -0.3 is 11.1 Å². The van der Waals surface area contributed by atoms with E-state index < -0.39 is 5.91 Å². The molecule has 2 aromatic carbocycles. The highest BCUT2D eigenvalue weighted by Crippen LogP contribution is 2.35. The van der Waals surface area contributed by atoms with Crippen LogP contribution in [0.4, 0.5) is 0 Å². The average molecular weight is 407 g/mol. The minimum atomic E-state index is -0.466. The molecule has 0 aromatic heterocycles. The first-order valence-electron chi connectivity index (χ1n) is 9.26. The van der Waals surface area contributed by atoms with Crippen LogP contribution in [0.25, 0.3) is 11.1 Å². The lowest BCUT2D eigenvalue weighted by molar-refractivity contribution is 0.100. The normalized spacial score (nSPS) is 16.6. The lowest BCUT2D eigenvalue weighted by Gasteiger charge is -2.34. The summed E-state index contributed by atoms with van der Waals surface area (Å²) in [6.45, 7) is 5.58. The number of nitrogens with two attached hydrogens (primary N) is 1. The Morgan fingerprint density at radius 2 is 1.89 bits per heavy atom. The van der Waals surface area contributed by atoms with Crippen molar-refractivity contribution >= 4 is 29.9 Å². The molecule has 146 valence electrons. The van der Waals surface area contributed by atoms with Crippen LogP contribution < -0.4 is 11.1 Å². The minimum absolute atomic E-state index is 0. The number of amides is 1. The minimum Gasteiger partial charge on any atom is -0.366 e. The van der Waals surface area contributed by atoms with Crippen LogP contribution in [0.5, 0.6) is 0 Å². The summed E-state index contributed by atoms with van der Waals surface area (Å²) in [6.07, 6.45) is 5.05. The third kappa shape index (κ3) is 5.71. The Hall–Kier alpha value is -1.55. The zero-order valence-electron chi connectivity index (χ0n) is 15.9. The van der Waals surface area contributed by atoms with E-state index >= 15 is 0 Å². The highest BCUT2D eigenvalue weighted by molar-refractivity contribution is 6.33. The molecule has 1 aliphatic carbocycles. The Kier molecular flexibility index (Phi) is 7.32. The maximum Gasteiger partial charge on any atom is 0.248 e. The van der Waals surface area contributed by atoms with Crippen LogP contribution in [0.15, 0.2) is 42.5 Å². The Morgan fingerprint density at radius 3 is 2.52 bits per heavy atom. The first-order valence-corrected chi connectivity index (χ1v) is 9.64. The Bertz CT molecular complexity index is 795. The number of hydrogen-bond donors (Lipinski definition) is 2. The zero-order chi connectivity index (χ0) is 18.7. The molecule has 2 aromatic rings. The molecule has 0 saturated heterocycles. The van der Waals surface area contributed by atoms with Crippen LogP contribution in [0.1, 0.15) is 55.5 Å². The van der Waals surface area contributed by atoms with Crippen molar-refractivity contribution in [2.45, 2.75) is 52.1 Å². The highest BCUT2D eigenvalue weighted by Gasteiger charge is 2.26. The van der Waals surface area contributed by atoms with Gasteiger partial charge >= 0.3 is 0 Å². The number of hydrogen-bond acceptors (Lipinski definition) is 2. The molecule has 0 spiro atoms. The predicted octanol–water partition coefficient (Wildman–Crippen LogP) is 5.59. The van der Waals surface area contributed by atoms with Gasteiger partial charge in [0.2, 0.25) is 5.91 Å². The largest absolute Gasteiger partial charge is 0.366 e. The van der Waals surface area contributed by atoms with E-state index in [0.717, 1.165) is 17.7 Å². The van der Waals surface area contributed by atoms with Crippen molar-refractivity contribution in [3.8, 4) is 11.1 Å². The lowest BCUT2D eigenvalue weighted by Crippen LogP contribution is -2.35. The van der Waals surface area contributed by atoms with E-state index in [1.54, 1.807) is 12.1 Å². The molecule has 3 nitrogen and oxygen atoms in total. The van der Waals surface area contributed by atoms with Gasteiger partial charge in [-0.2, -0.15) is 0 Å². The fourth-order valence-electron chi connectivity index (χ4n) is 3.62. The van der Waals surface area contributed by atoms with Gasteiger partial charge in [0.05, 0.1) is 0 Å². The number of benzene rings is 2. The number of primary amides is 1. The van der Waals surface area contributed by atoms with Crippen molar-refractivity contribution in [3.05, 3.63) is 58.6 Å². The fourth-order valence-corrected chi connectivity index (χ4v) is 3.91. The fraction of sp³-hybridized carbons (Fsp3) is 0.409. The summed E-state index contributed by atoms with van der Waals surface area (Å²) in [7, 11) is 0. The molecule has 5 heteroatoms. The number of carbonyl (C=O) groups is 1. The zero-order valence-corrected chi connectivity index (χ0v) is 17.5. The van der Waals surface area contributed by atoms with Crippen LogP contribution in [0.3, 0.4) is 0 Å². The molecule has 0 heterocycles. The molecule has 3 rings (SSSR count). The van der Waals surface area contributed by atoms with Gasteiger partial charge in [0, 0.05) is 28.7 Å². The quantitative estimate of drug-likeness (QED) is 0.679. The van der Waals surface area contributed by atoms with Crippen molar-refractivity contribution in [1.82, 2.24) is 5.32 Å². The van der Waals surface area contributed by atoms with Gasteiger partial charge in [0.15, 0.2) is 0 Å². The van der Waals surface area contributed by atoms with E-state index in [1.807, 2.05) is 12.1 Å². The molecular formula is C22H28Cl2N2O. The van der Waals surface area contributed by atoms with Crippen LogP contribution in [0.2, 0.25) is 5.02 Å². The van der Waals surface area contributed by atoms with E-state index in [1.165, 1.54) is 31.2 Å². The lowest BCUT2D eigenvalue weighted by atomic mass is 9.75. The first kappa shape index (κ1) is 21.7. The van der Waals surface area contributed by atoms with Gasteiger partial charge in [-0.1, -0.05) is 49.7 Å². The van der Waals surface area contributed by atoms with E-state index in [4.69, 9.17) is 17.3 Å². The van der Waals surface area contributed by atoms with Crippen LogP contribution >= 0.6 is 24.0 Å². The molecule has 0 aliphatic heterocycles. The summed E-state index contributed by atoms with van der Waals surface area (Å²) < 4.78 is 0. The van der Waals surface area contributed by atoms with Crippen molar-refractivity contribution in [2.24, 2.45) is 11.1 Å². The van der Waals surface area contributed by atoms with Gasteiger partial charge in [0.1, 0.15) is 0 Å². The SMILES string of the molecule is CC1(C)CCC(NCc2cccc(-c3ccc(C(N)=O)cc3Cl)c2)CC1.Cl. The molecule has 0 bridgehead atoms. The summed E-state index contributed by atoms with van der Waals surface area (Å²) in [5.41, 5.74) is 9.44.